The summed E-state index contributed by atoms with van der Waals surface area (Å²) in [6.45, 7) is 4.95. The molecule has 1 fully saturated rings. The van der Waals surface area contributed by atoms with Crippen LogP contribution in [0.4, 0.5) is 5.82 Å². The van der Waals surface area contributed by atoms with Gasteiger partial charge >= 0.3 is 0 Å². The van der Waals surface area contributed by atoms with Gasteiger partial charge in [0, 0.05) is 48.7 Å². The number of aryl methyl sites for hydroxylation is 1. The predicted octanol–water partition coefficient (Wildman–Crippen LogP) is 5.43. The van der Waals surface area contributed by atoms with Crippen LogP contribution in [-0.2, 0) is 13.0 Å². The van der Waals surface area contributed by atoms with Crippen molar-refractivity contribution in [2.24, 2.45) is 5.73 Å². The second kappa shape index (κ2) is 10.1. The molecule has 1 amide bonds. The quantitative estimate of drug-likeness (QED) is 0.344. The van der Waals surface area contributed by atoms with Gasteiger partial charge in [-0.25, -0.2) is 15.0 Å². The SMILES string of the molecule is Cc1cc(-c2ccc(Cl)nc2Cl)cc2c(N3CCc4ccc(C(=O)N5CCC(N)CC5)cc4C3)ncnc12. The number of piperidine rings is 1. The highest BCUT2D eigenvalue weighted by molar-refractivity contribution is 6.34. The average Bonchev–Trinajstić information content (AvgIpc) is 2.92. The number of fused-ring (bicyclic) bond motifs is 2. The highest BCUT2D eigenvalue weighted by Gasteiger charge is 2.25. The minimum Gasteiger partial charge on any atom is -0.351 e. The van der Waals surface area contributed by atoms with Crippen LogP contribution in [0.15, 0.2) is 48.8 Å². The van der Waals surface area contributed by atoms with Gasteiger partial charge in [0.1, 0.15) is 22.5 Å². The second-order valence-electron chi connectivity index (χ2n) is 10.1. The van der Waals surface area contributed by atoms with Crippen LogP contribution < -0.4 is 10.6 Å². The fourth-order valence-electron chi connectivity index (χ4n) is 5.52. The fourth-order valence-corrected chi connectivity index (χ4v) is 5.98. The first-order valence-corrected chi connectivity index (χ1v) is 13.6. The van der Waals surface area contributed by atoms with E-state index in [9.17, 15) is 4.79 Å². The zero-order chi connectivity index (χ0) is 26.4. The maximum atomic E-state index is 13.2. The molecule has 0 radical (unpaired) electrons. The third kappa shape index (κ3) is 4.70. The number of carbonyl (C=O) groups excluding carboxylic acids is 1. The Morgan fingerprint density at radius 2 is 1.82 bits per heavy atom. The van der Waals surface area contributed by atoms with Crippen LogP contribution in [0.3, 0.4) is 0 Å². The molecule has 2 aromatic heterocycles. The lowest BCUT2D eigenvalue weighted by atomic mass is 9.95. The number of pyridine rings is 1. The van der Waals surface area contributed by atoms with Gasteiger partial charge in [0.05, 0.1) is 5.52 Å². The van der Waals surface area contributed by atoms with Crippen LogP contribution in [0.1, 0.15) is 39.9 Å². The molecule has 0 aliphatic carbocycles. The van der Waals surface area contributed by atoms with Gasteiger partial charge in [-0.1, -0.05) is 29.3 Å². The van der Waals surface area contributed by atoms with E-state index in [-0.39, 0.29) is 11.9 Å². The molecule has 2 aromatic carbocycles. The molecule has 9 heteroatoms. The molecule has 0 atom stereocenters. The van der Waals surface area contributed by atoms with E-state index in [0.717, 1.165) is 70.3 Å². The Morgan fingerprint density at radius 1 is 1.00 bits per heavy atom. The van der Waals surface area contributed by atoms with E-state index in [2.05, 4.69) is 39.1 Å². The third-order valence-corrected chi connectivity index (χ3v) is 8.12. The third-order valence-electron chi connectivity index (χ3n) is 7.63. The molecule has 7 nitrogen and oxygen atoms in total. The van der Waals surface area contributed by atoms with Crippen LogP contribution in [0, 0.1) is 6.92 Å². The standard InChI is InChI=1S/C29H28Cl2N6O/c1-17-12-20(23-4-5-25(30)35-27(23)31)14-24-26(17)33-16-34-28(24)37-9-6-18-2-3-19(13-21(18)15-37)29(38)36-10-7-22(32)8-11-36/h2-5,12-14,16,22H,6-11,15,32H2,1H3. The molecule has 38 heavy (non-hydrogen) atoms. The largest absolute Gasteiger partial charge is 0.351 e. The molecule has 0 bridgehead atoms. The molecule has 0 saturated carbocycles. The Hall–Kier alpha value is -3.26. The smallest absolute Gasteiger partial charge is 0.253 e. The number of benzene rings is 2. The highest BCUT2D eigenvalue weighted by Crippen LogP contribution is 2.35. The number of likely N-dealkylation sites (tertiary alicyclic amines) is 1. The van der Waals surface area contributed by atoms with Crippen LogP contribution in [-0.4, -0.2) is 51.4 Å². The molecule has 2 N–H and O–H groups in total. The van der Waals surface area contributed by atoms with Gasteiger partial charge in [-0.2, -0.15) is 0 Å². The van der Waals surface area contributed by atoms with Crippen molar-refractivity contribution in [2.45, 2.75) is 38.8 Å². The van der Waals surface area contributed by atoms with Crippen LogP contribution in [0.5, 0.6) is 0 Å². The average molecular weight is 547 g/mol. The Balaban J connectivity index is 1.34. The normalized spacial score (nSPS) is 16.1. The minimum absolute atomic E-state index is 0.0815. The lowest BCUT2D eigenvalue weighted by Gasteiger charge is -2.32. The van der Waals surface area contributed by atoms with Gasteiger partial charge in [0.15, 0.2) is 0 Å². The van der Waals surface area contributed by atoms with Crippen molar-refractivity contribution in [2.75, 3.05) is 24.5 Å². The summed E-state index contributed by atoms with van der Waals surface area (Å²) in [6, 6.07) is 14.1. The number of halogens is 2. The molecule has 4 aromatic rings. The van der Waals surface area contributed by atoms with Crippen LogP contribution >= 0.6 is 23.2 Å². The number of amides is 1. The van der Waals surface area contributed by atoms with Gasteiger partial charge in [-0.05, 0) is 84.8 Å². The van der Waals surface area contributed by atoms with Gasteiger partial charge in [0.2, 0.25) is 0 Å². The Morgan fingerprint density at radius 3 is 2.61 bits per heavy atom. The van der Waals surface area contributed by atoms with Crippen molar-refractivity contribution in [3.63, 3.8) is 0 Å². The lowest BCUT2D eigenvalue weighted by Crippen LogP contribution is -2.43. The number of nitrogens with two attached hydrogens (primary N) is 1. The molecule has 194 valence electrons. The van der Waals surface area contributed by atoms with Gasteiger partial charge < -0.3 is 15.5 Å². The van der Waals surface area contributed by atoms with Crippen molar-refractivity contribution in [3.8, 4) is 11.1 Å². The van der Waals surface area contributed by atoms with Crippen molar-refractivity contribution in [1.82, 2.24) is 19.9 Å². The summed E-state index contributed by atoms with van der Waals surface area (Å²) in [7, 11) is 0. The number of nitrogens with zero attached hydrogens (tertiary/aromatic N) is 5. The molecule has 6 rings (SSSR count). The van der Waals surface area contributed by atoms with Crippen LogP contribution in [0.2, 0.25) is 10.3 Å². The molecule has 2 aliphatic rings. The van der Waals surface area contributed by atoms with Crippen molar-refractivity contribution in [3.05, 3.63) is 81.4 Å². The number of carbonyl (C=O) groups is 1. The minimum atomic E-state index is 0.0815. The number of rotatable bonds is 3. The van der Waals surface area contributed by atoms with Crippen molar-refractivity contribution >= 4 is 45.8 Å². The van der Waals surface area contributed by atoms with Gasteiger partial charge in [0.25, 0.3) is 5.91 Å². The molecular weight excluding hydrogens is 519 g/mol. The summed E-state index contributed by atoms with van der Waals surface area (Å²) in [5, 5.41) is 1.66. The fraction of sp³-hybridized carbons (Fsp3) is 0.310. The Labute approximate surface area is 231 Å². The number of hydrogen-bond donors (Lipinski definition) is 1. The zero-order valence-electron chi connectivity index (χ0n) is 21.1. The predicted molar refractivity (Wildman–Crippen MR) is 152 cm³/mol. The van der Waals surface area contributed by atoms with E-state index in [1.54, 1.807) is 12.4 Å². The highest BCUT2D eigenvalue weighted by atomic mass is 35.5. The molecule has 0 unspecified atom stereocenters. The summed E-state index contributed by atoms with van der Waals surface area (Å²) < 4.78 is 0. The van der Waals surface area contributed by atoms with Gasteiger partial charge in [-0.15, -0.1) is 0 Å². The van der Waals surface area contributed by atoms with Gasteiger partial charge in [-0.3, -0.25) is 4.79 Å². The Kier molecular flexibility index (Phi) is 6.68. The van der Waals surface area contributed by atoms with Crippen LogP contribution in [0.25, 0.3) is 22.0 Å². The van der Waals surface area contributed by atoms with E-state index < -0.39 is 0 Å². The molecular formula is C29H28Cl2N6O. The first-order chi connectivity index (χ1) is 18.4. The maximum Gasteiger partial charge on any atom is 0.253 e. The molecule has 1 saturated heterocycles. The summed E-state index contributed by atoms with van der Waals surface area (Å²) in [6.07, 6.45) is 4.20. The second-order valence-corrected chi connectivity index (χ2v) is 10.9. The first kappa shape index (κ1) is 25.0. The Bertz CT molecular complexity index is 1550. The zero-order valence-corrected chi connectivity index (χ0v) is 22.6. The topological polar surface area (TPSA) is 88.2 Å². The summed E-state index contributed by atoms with van der Waals surface area (Å²) in [4.78, 5) is 30.9. The number of hydrogen-bond acceptors (Lipinski definition) is 6. The monoisotopic (exact) mass is 546 g/mol. The van der Waals surface area contributed by atoms with E-state index in [1.807, 2.05) is 24.0 Å². The molecule has 4 heterocycles. The van der Waals surface area contributed by atoms with E-state index in [4.69, 9.17) is 33.9 Å². The number of aromatic nitrogens is 3. The van der Waals surface area contributed by atoms with E-state index in [1.165, 1.54) is 5.56 Å². The summed E-state index contributed by atoms with van der Waals surface area (Å²) in [5.41, 5.74) is 12.9. The molecule has 2 aliphatic heterocycles. The summed E-state index contributed by atoms with van der Waals surface area (Å²) >= 11 is 12.5. The summed E-state index contributed by atoms with van der Waals surface area (Å²) in [5.74, 6) is 0.948. The number of anilines is 1. The molecule has 0 spiro atoms. The van der Waals surface area contributed by atoms with Crippen molar-refractivity contribution < 1.29 is 4.79 Å². The lowest BCUT2D eigenvalue weighted by molar-refractivity contribution is 0.0714. The van der Waals surface area contributed by atoms with Crippen molar-refractivity contribution in [1.29, 1.82) is 0 Å². The first-order valence-electron chi connectivity index (χ1n) is 12.9. The maximum absolute atomic E-state index is 13.2. The van der Waals surface area contributed by atoms with E-state index >= 15 is 0 Å². The van der Waals surface area contributed by atoms with E-state index in [0.29, 0.717) is 29.9 Å².